The van der Waals surface area contributed by atoms with Crippen LogP contribution in [0.2, 0.25) is 0 Å². The molecule has 0 bridgehead atoms. The summed E-state index contributed by atoms with van der Waals surface area (Å²) in [5.41, 5.74) is 0. The Bertz CT molecular complexity index is 884. The fraction of sp³-hybridized carbons (Fsp3) is 0.353. The lowest BCUT2D eigenvalue weighted by molar-refractivity contribution is -0.133. The van der Waals surface area contributed by atoms with Gasteiger partial charge in [-0.1, -0.05) is 26.0 Å². The molecule has 0 aliphatic carbocycles. The third-order valence-corrected chi connectivity index (χ3v) is 6.82. The van der Waals surface area contributed by atoms with Crippen LogP contribution in [0, 0.1) is 11.7 Å². The van der Waals surface area contributed by atoms with Gasteiger partial charge in [0.05, 0.1) is 10.3 Å². The van der Waals surface area contributed by atoms with Crippen molar-refractivity contribution in [2.45, 2.75) is 31.3 Å². The number of benzene rings is 1. The highest BCUT2D eigenvalue weighted by Crippen LogP contribution is 2.23. The van der Waals surface area contributed by atoms with E-state index < -0.39 is 26.8 Å². The van der Waals surface area contributed by atoms with Crippen LogP contribution >= 0.6 is 27.3 Å². The summed E-state index contributed by atoms with van der Waals surface area (Å²) in [5.74, 6) is -1.53. The molecule has 0 saturated carbocycles. The van der Waals surface area contributed by atoms with E-state index in [-0.39, 0.29) is 11.8 Å². The molecule has 1 aromatic heterocycles. The zero-order chi connectivity index (χ0) is 19.5. The molecule has 0 spiro atoms. The van der Waals surface area contributed by atoms with Crippen molar-refractivity contribution < 1.29 is 17.6 Å². The van der Waals surface area contributed by atoms with Crippen LogP contribution < -0.4 is 4.72 Å². The number of rotatable bonds is 7. The number of sulfonamides is 1. The van der Waals surface area contributed by atoms with Gasteiger partial charge in [-0.05, 0) is 46.1 Å². The van der Waals surface area contributed by atoms with Gasteiger partial charge in [-0.3, -0.25) is 4.79 Å². The number of halogens is 2. The highest BCUT2D eigenvalue weighted by atomic mass is 79.9. The molecule has 0 radical (unpaired) electrons. The molecule has 5 nitrogen and oxygen atoms in total. The summed E-state index contributed by atoms with van der Waals surface area (Å²) in [6, 6.07) is 7.88. The number of nitrogens with zero attached hydrogens (tertiary/aromatic N) is 1. The van der Waals surface area contributed by atoms with Crippen molar-refractivity contribution in [2.24, 2.45) is 5.92 Å². The lowest BCUT2D eigenvalue weighted by atomic mass is 10.0. The van der Waals surface area contributed by atoms with E-state index in [0.717, 1.165) is 14.7 Å². The Morgan fingerprint density at radius 2 is 1.92 bits per heavy atom. The van der Waals surface area contributed by atoms with Crippen molar-refractivity contribution in [3.63, 3.8) is 0 Å². The Hall–Kier alpha value is -1.29. The standard InChI is InChI=1S/C17H20BrFN2O3S2/c1-11(2)16(17(22)21(3)10-12-8-9-15(18)25-12)20-26(23,24)14-7-5-4-6-13(14)19/h4-9,11,16,20H,10H2,1-3H3. The van der Waals surface area contributed by atoms with E-state index in [1.54, 1.807) is 20.9 Å². The summed E-state index contributed by atoms with van der Waals surface area (Å²) in [4.78, 5) is 14.7. The van der Waals surface area contributed by atoms with Crippen molar-refractivity contribution in [3.05, 3.63) is 50.9 Å². The number of amides is 1. The lowest BCUT2D eigenvalue weighted by Crippen LogP contribution is -2.49. The van der Waals surface area contributed by atoms with E-state index >= 15 is 0 Å². The van der Waals surface area contributed by atoms with Gasteiger partial charge in [0.2, 0.25) is 15.9 Å². The molecule has 2 aromatic rings. The van der Waals surface area contributed by atoms with Crippen LogP contribution in [0.4, 0.5) is 4.39 Å². The Morgan fingerprint density at radius 1 is 1.27 bits per heavy atom. The minimum Gasteiger partial charge on any atom is -0.339 e. The highest BCUT2D eigenvalue weighted by molar-refractivity contribution is 9.11. The molecular formula is C17H20BrFN2O3S2. The lowest BCUT2D eigenvalue weighted by Gasteiger charge is -2.26. The molecule has 0 aliphatic heterocycles. The van der Waals surface area contributed by atoms with Crippen molar-refractivity contribution in [1.29, 1.82) is 0 Å². The number of hydrogen-bond acceptors (Lipinski definition) is 4. The molecule has 1 aromatic carbocycles. The van der Waals surface area contributed by atoms with Crippen LogP contribution in [0.3, 0.4) is 0 Å². The van der Waals surface area contributed by atoms with Gasteiger partial charge in [0, 0.05) is 11.9 Å². The van der Waals surface area contributed by atoms with E-state index in [4.69, 9.17) is 0 Å². The van der Waals surface area contributed by atoms with Crippen molar-refractivity contribution in [3.8, 4) is 0 Å². The number of thiophene rings is 1. The largest absolute Gasteiger partial charge is 0.339 e. The van der Waals surface area contributed by atoms with Crippen LogP contribution in [-0.4, -0.2) is 32.3 Å². The Kier molecular flexibility index (Phi) is 6.95. The molecule has 142 valence electrons. The summed E-state index contributed by atoms with van der Waals surface area (Å²) in [5, 5.41) is 0. The van der Waals surface area contributed by atoms with Crippen LogP contribution in [0.25, 0.3) is 0 Å². The number of hydrogen-bond donors (Lipinski definition) is 1. The molecule has 9 heteroatoms. The molecule has 0 saturated heterocycles. The predicted molar refractivity (Wildman–Crippen MR) is 104 cm³/mol. The van der Waals surface area contributed by atoms with Gasteiger partial charge in [-0.25, -0.2) is 12.8 Å². The third kappa shape index (κ3) is 5.12. The van der Waals surface area contributed by atoms with Crippen LogP contribution in [0.1, 0.15) is 18.7 Å². The van der Waals surface area contributed by atoms with Crippen molar-refractivity contribution >= 4 is 43.2 Å². The first kappa shape index (κ1) is 21.0. The molecule has 1 unspecified atom stereocenters. The topological polar surface area (TPSA) is 66.5 Å². The number of nitrogens with one attached hydrogen (secondary N) is 1. The Labute approximate surface area is 165 Å². The average molecular weight is 463 g/mol. The maximum absolute atomic E-state index is 13.9. The summed E-state index contributed by atoms with van der Waals surface area (Å²) >= 11 is 4.87. The fourth-order valence-electron chi connectivity index (χ4n) is 2.35. The zero-order valence-electron chi connectivity index (χ0n) is 14.6. The highest BCUT2D eigenvalue weighted by Gasteiger charge is 2.31. The normalized spacial score (nSPS) is 13.0. The Balaban J connectivity index is 2.20. The van der Waals surface area contributed by atoms with E-state index in [0.29, 0.717) is 6.54 Å². The maximum atomic E-state index is 13.9. The van der Waals surface area contributed by atoms with Gasteiger partial charge in [0.25, 0.3) is 0 Å². The summed E-state index contributed by atoms with van der Waals surface area (Å²) < 4.78 is 42.2. The first-order chi connectivity index (χ1) is 12.1. The third-order valence-electron chi connectivity index (χ3n) is 3.74. The smallest absolute Gasteiger partial charge is 0.244 e. The van der Waals surface area contributed by atoms with Crippen molar-refractivity contribution in [2.75, 3.05) is 7.05 Å². The second-order valence-corrected chi connectivity index (χ2v) is 10.4. The van der Waals surface area contributed by atoms with Crippen LogP contribution in [0.5, 0.6) is 0 Å². The summed E-state index contributed by atoms with van der Waals surface area (Å²) in [6.45, 7) is 3.84. The molecule has 0 fully saturated rings. The van der Waals surface area contributed by atoms with Gasteiger partial charge in [-0.15, -0.1) is 11.3 Å². The van der Waals surface area contributed by atoms with Gasteiger partial charge in [-0.2, -0.15) is 4.72 Å². The summed E-state index contributed by atoms with van der Waals surface area (Å²) in [7, 11) is -2.55. The van der Waals surface area contributed by atoms with E-state index in [2.05, 4.69) is 20.7 Å². The van der Waals surface area contributed by atoms with E-state index in [9.17, 15) is 17.6 Å². The Morgan fingerprint density at radius 3 is 2.46 bits per heavy atom. The molecule has 1 amide bonds. The monoisotopic (exact) mass is 462 g/mol. The van der Waals surface area contributed by atoms with Gasteiger partial charge in [0.15, 0.2) is 0 Å². The van der Waals surface area contributed by atoms with Gasteiger partial charge >= 0.3 is 0 Å². The molecule has 1 heterocycles. The number of likely N-dealkylation sites (N-methyl/N-ethyl adjacent to an activating group) is 1. The van der Waals surface area contributed by atoms with Gasteiger partial charge in [0.1, 0.15) is 16.8 Å². The number of carbonyl (C=O) groups excluding carboxylic acids is 1. The van der Waals surface area contributed by atoms with E-state index in [1.165, 1.54) is 34.4 Å². The molecule has 1 N–H and O–H groups in total. The molecule has 26 heavy (non-hydrogen) atoms. The van der Waals surface area contributed by atoms with E-state index in [1.807, 2.05) is 12.1 Å². The quantitative estimate of drug-likeness (QED) is 0.683. The van der Waals surface area contributed by atoms with Gasteiger partial charge < -0.3 is 4.90 Å². The maximum Gasteiger partial charge on any atom is 0.244 e. The average Bonchev–Trinajstić information content (AvgIpc) is 2.97. The second-order valence-electron chi connectivity index (χ2n) is 6.17. The van der Waals surface area contributed by atoms with Crippen molar-refractivity contribution in [1.82, 2.24) is 9.62 Å². The molecule has 1 atom stereocenters. The second kappa shape index (κ2) is 8.60. The minimum atomic E-state index is -4.16. The first-order valence-corrected chi connectivity index (χ1v) is 11.0. The van der Waals surface area contributed by atoms with Crippen LogP contribution in [0.15, 0.2) is 45.1 Å². The number of carbonyl (C=O) groups is 1. The minimum absolute atomic E-state index is 0.304. The zero-order valence-corrected chi connectivity index (χ0v) is 17.8. The molecular weight excluding hydrogens is 443 g/mol. The van der Waals surface area contributed by atoms with Crippen LogP contribution in [-0.2, 0) is 21.4 Å². The predicted octanol–water partition coefficient (Wildman–Crippen LogP) is 3.61. The molecule has 0 aliphatic rings. The first-order valence-electron chi connectivity index (χ1n) is 7.88. The molecule has 2 rings (SSSR count). The fourth-order valence-corrected chi connectivity index (χ4v) is 5.30. The SMILES string of the molecule is CC(C)C(NS(=O)(=O)c1ccccc1F)C(=O)N(C)Cc1ccc(Br)s1. The summed E-state index contributed by atoms with van der Waals surface area (Å²) in [6.07, 6.45) is 0.